The van der Waals surface area contributed by atoms with Crippen molar-refractivity contribution in [2.75, 3.05) is 25.5 Å². The molecule has 11 heteroatoms. The standard InChI is InChI=1S/C26H30N4O6S/c31-23(27-13-18-4-1-9-34-18)16-37-26-29-22-12-17(24(32)28-14-19-5-2-10-35-19)7-8-21(22)25(33)30(26)15-20-6-3-11-36-20/h1,4,7-9,12,19-20H,2-3,5-6,10-11,13-16H2,(H,27,31)(H,28,32)/t19-,20+/m0/s1. The molecular weight excluding hydrogens is 496 g/mol. The second kappa shape index (κ2) is 11.9. The number of carbonyl (C=O) groups excluding carboxylic acids is 2. The first-order chi connectivity index (χ1) is 18.1. The van der Waals surface area contributed by atoms with Crippen LogP contribution in [-0.2, 0) is 27.4 Å². The molecule has 10 nitrogen and oxygen atoms in total. The Morgan fingerprint density at radius 2 is 1.89 bits per heavy atom. The Balaban J connectivity index is 1.35. The lowest BCUT2D eigenvalue weighted by Crippen LogP contribution is -2.32. The monoisotopic (exact) mass is 526 g/mol. The number of nitrogens with zero attached hydrogens (tertiary/aromatic N) is 2. The van der Waals surface area contributed by atoms with E-state index in [2.05, 4.69) is 10.6 Å². The van der Waals surface area contributed by atoms with Gasteiger partial charge in [-0.1, -0.05) is 11.8 Å². The number of ether oxygens (including phenoxy) is 2. The van der Waals surface area contributed by atoms with Gasteiger partial charge in [-0.05, 0) is 56.0 Å². The lowest BCUT2D eigenvalue weighted by atomic mass is 10.1. The van der Waals surface area contributed by atoms with Crippen LogP contribution in [0.3, 0.4) is 0 Å². The van der Waals surface area contributed by atoms with Gasteiger partial charge in [0, 0.05) is 25.3 Å². The quantitative estimate of drug-likeness (QED) is 0.305. The van der Waals surface area contributed by atoms with E-state index >= 15 is 0 Å². The van der Waals surface area contributed by atoms with Crippen LogP contribution >= 0.6 is 11.8 Å². The molecule has 1 aromatic carbocycles. The highest BCUT2D eigenvalue weighted by molar-refractivity contribution is 7.99. The fraction of sp³-hybridized carbons (Fsp3) is 0.462. The topological polar surface area (TPSA) is 125 Å². The van der Waals surface area contributed by atoms with Gasteiger partial charge in [-0.3, -0.25) is 19.0 Å². The van der Waals surface area contributed by atoms with Gasteiger partial charge < -0.3 is 24.5 Å². The smallest absolute Gasteiger partial charge is 0.262 e. The summed E-state index contributed by atoms with van der Waals surface area (Å²) < 4.78 is 18.2. The van der Waals surface area contributed by atoms with Crippen molar-refractivity contribution in [3.05, 3.63) is 58.3 Å². The fourth-order valence-corrected chi connectivity index (χ4v) is 5.34. The summed E-state index contributed by atoms with van der Waals surface area (Å²) in [7, 11) is 0. The van der Waals surface area contributed by atoms with Crippen LogP contribution in [0.4, 0.5) is 0 Å². The van der Waals surface area contributed by atoms with Crippen LogP contribution in [-0.4, -0.2) is 59.1 Å². The van der Waals surface area contributed by atoms with E-state index in [9.17, 15) is 14.4 Å². The van der Waals surface area contributed by atoms with Crippen molar-refractivity contribution in [1.82, 2.24) is 20.2 Å². The first-order valence-electron chi connectivity index (χ1n) is 12.5. The first-order valence-corrected chi connectivity index (χ1v) is 13.5. The van der Waals surface area contributed by atoms with Gasteiger partial charge in [0.25, 0.3) is 11.5 Å². The highest BCUT2D eigenvalue weighted by Gasteiger charge is 2.22. The number of thioether (sulfide) groups is 1. The van der Waals surface area contributed by atoms with E-state index in [1.165, 1.54) is 11.8 Å². The molecule has 0 radical (unpaired) electrons. The minimum absolute atomic E-state index is 0.0366. The molecule has 2 N–H and O–H groups in total. The van der Waals surface area contributed by atoms with Crippen LogP contribution in [0.25, 0.3) is 10.9 Å². The predicted molar refractivity (Wildman–Crippen MR) is 138 cm³/mol. The van der Waals surface area contributed by atoms with Crippen LogP contribution in [0, 0.1) is 0 Å². The van der Waals surface area contributed by atoms with Gasteiger partial charge in [0.15, 0.2) is 5.16 Å². The van der Waals surface area contributed by atoms with Gasteiger partial charge in [-0.2, -0.15) is 0 Å². The number of rotatable bonds is 10. The number of furan rings is 1. The van der Waals surface area contributed by atoms with Crippen molar-refractivity contribution in [3.8, 4) is 0 Å². The van der Waals surface area contributed by atoms with Crippen molar-refractivity contribution < 1.29 is 23.5 Å². The molecule has 0 aliphatic carbocycles. The normalized spacial score (nSPS) is 19.4. The molecule has 196 valence electrons. The van der Waals surface area contributed by atoms with Gasteiger partial charge in [-0.25, -0.2) is 4.98 Å². The van der Waals surface area contributed by atoms with Crippen molar-refractivity contribution in [2.45, 2.75) is 56.1 Å². The zero-order chi connectivity index (χ0) is 25.6. The third kappa shape index (κ3) is 6.41. The molecule has 0 unspecified atom stereocenters. The van der Waals surface area contributed by atoms with Gasteiger partial charge in [0.05, 0.1) is 48.2 Å². The lowest BCUT2D eigenvalue weighted by molar-refractivity contribution is -0.118. The summed E-state index contributed by atoms with van der Waals surface area (Å²) in [5.41, 5.74) is 0.614. The second-order valence-corrected chi connectivity index (χ2v) is 10.1. The Labute approximate surface area is 218 Å². The molecule has 5 rings (SSSR count). The van der Waals surface area contributed by atoms with Crippen LogP contribution in [0.5, 0.6) is 0 Å². The van der Waals surface area contributed by atoms with Crippen LogP contribution in [0.15, 0.2) is 51.0 Å². The largest absolute Gasteiger partial charge is 0.467 e. The Morgan fingerprint density at radius 3 is 2.62 bits per heavy atom. The molecule has 0 saturated carbocycles. The summed E-state index contributed by atoms with van der Waals surface area (Å²) in [6, 6.07) is 8.45. The number of hydrogen-bond donors (Lipinski definition) is 2. The molecule has 3 aromatic rings. The molecule has 2 amide bonds. The summed E-state index contributed by atoms with van der Waals surface area (Å²) in [6.45, 7) is 2.48. The maximum absolute atomic E-state index is 13.5. The predicted octanol–water partition coefficient (Wildman–Crippen LogP) is 2.49. The van der Waals surface area contributed by atoms with E-state index in [4.69, 9.17) is 18.9 Å². The molecule has 2 aromatic heterocycles. The van der Waals surface area contributed by atoms with Crippen LogP contribution < -0.4 is 16.2 Å². The van der Waals surface area contributed by atoms with Gasteiger partial charge in [0.1, 0.15) is 5.76 Å². The van der Waals surface area contributed by atoms with E-state index in [0.29, 0.717) is 47.1 Å². The van der Waals surface area contributed by atoms with E-state index in [1.807, 2.05) is 0 Å². The summed E-state index contributed by atoms with van der Waals surface area (Å²) in [4.78, 5) is 43.4. The SMILES string of the molecule is O=C(CSc1nc2cc(C(=O)NC[C@@H]3CCCO3)ccc2c(=O)n1C[C@H]1CCCO1)NCc1ccco1. The Hall–Kier alpha value is -3.15. The fourth-order valence-electron chi connectivity index (χ4n) is 4.50. The van der Waals surface area contributed by atoms with Gasteiger partial charge >= 0.3 is 0 Å². The molecule has 2 saturated heterocycles. The van der Waals surface area contributed by atoms with E-state index in [-0.39, 0.29) is 41.9 Å². The van der Waals surface area contributed by atoms with Crippen LogP contribution in [0.2, 0.25) is 0 Å². The number of carbonyl (C=O) groups is 2. The number of aromatic nitrogens is 2. The number of hydrogen-bond acceptors (Lipinski definition) is 8. The second-order valence-electron chi connectivity index (χ2n) is 9.17. The van der Waals surface area contributed by atoms with Crippen molar-refractivity contribution in [3.63, 3.8) is 0 Å². The van der Waals surface area contributed by atoms with Crippen LogP contribution in [0.1, 0.15) is 41.8 Å². The number of benzene rings is 1. The highest BCUT2D eigenvalue weighted by Crippen LogP contribution is 2.22. The minimum atomic E-state index is -0.241. The zero-order valence-corrected chi connectivity index (χ0v) is 21.3. The Bertz CT molecular complexity index is 1300. The Morgan fingerprint density at radius 1 is 1.08 bits per heavy atom. The summed E-state index contributed by atoms with van der Waals surface area (Å²) in [5, 5.41) is 6.54. The summed E-state index contributed by atoms with van der Waals surface area (Å²) in [5.74, 6) is 0.282. The van der Waals surface area contributed by atoms with Crippen molar-refractivity contribution >= 4 is 34.5 Å². The maximum atomic E-state index is 13.5. The average Bonchev–Trinajstić information content (AvgIpc) is 3.70. The van der Waals surface area contributed by atoms with E-state index < -0.39 is 0 Å². The third-order valence-electron chi connectivity index (χ3n) is 6.48. The molecule has 2 aliphatic heterocycles. The molecule has 2 atom stereocenters. The van der Waals surface area contributed by atoms with E-state index in [1.54, 1.807) is 41.2 Å². The molecule has 0 bridgehead atoms. The molecule has 2 fully saturated rings. The molecule has 37 heavy (non-hydrogen) atoms. The van der Waals surface area contributed by atoms with Gasteiger partial charge in [-0.15, -0.1) is 0 Å². The average molecular weight is 527 g/mol. The minimum Gasteiger partial charge on any atom is -0.467 e. The third-order valence-corrected chi connectivity index (χ3v) is 7.46. The molecule has 2 aliphatic rings. The number of nitrogens with one attached hydrogen (secondary N) is 2. The maximum Gasteiger partial charge on any atom is 0.262 e. The Kier molecular flexibility index (Phi) is 8.22. The van der Waals surface area contributed by atoms with Crippen molar-refractivity contribution in [1.29, 1.82) is 0 Å². The first kappa shape index (κ1) is 25.5. The summed E-state index contributed by atoms with van der Waals surface area (Å²) >= 11 is 1.18. The van der Waals surface area contributed by atoms with E-state index in [0.717, 1.165) is 32.3 Å². The zero-order valence-electron chi connectivity index (χ0n) is 20.4. The molecular formula is C26H30N4O6S. The van der Waals surface area contributed by atoms with Crippen molar-refractivity contribution in [2.24, 2.45) is 0 Å². The van der Waals surface area contributed by atoms with Gasteiger partial charge in [0.2, 0.25) is 5.91 Å². The molecule has 4 heterocycles. The number of fused-ring (bicyclic) bond motifs is 1. The lowest BCUT2D eigenvalue weighted by Gasteiger charge is -2.17. The number of amides is 2. The molecule has 0 spiro atoms. The highest BCUT2D eigenvalue weighted by atomic mass is 32.2. The summed E-state index contributed by atoms with van der Waals surface area (Å²) in [6.07, 6.45) is 5.25.